The molecule has 10 aromatic carbocycles. The van der Waals surface area contributed by atoms with Gasteiger partial charge in [-0.1, -0.05) is 146 Å². The lowest BCUT2D eigenvalue weighted by Gasteiger charge is -2.20. The molecule has 0 amide bonds. The van der Waals surface area contributed by atoms with E-state index in [0.717, 1.165) is 127 Å². The normalized spacial score (nSPS) is 11.9. The van der Waals surface area contributed by atoms with Gasteiger partial charge in [-0.2, -0.15) is 5.26 Å². The Kier molecular flexibility index (Phi) is 8.55. The summed E-state index contributed by atoms with van der Waals surface area (Å²) < 4.78 is 18.2. The van der Waals surface area contributed by atoms with E-state index in [-0.39, 0.29) is 0 Å². The number of para-hydroxylation sites is 4. The number of hydrogen-bond acceptors (Lipinski definition) is 6. The Morgan fingerprint density at radius 1 is 0.347 bits per heavy atom. The van der Waals surface area contributed by atoms with Crippen molar-refractivity contribution in [1.82, 2.24) is 24.1 Å². The molecule has 72 heavy (non-hydrogen) atoms. The number of fused-ring (bicyclic) bond motifs is 14. The largest absolute Gasteiger partial charge is 0.455 e. The summed E-state index contributed by atoms with van der Waals surface area (Å²) in [6, 6.07) is 77.2. The van der Waals surface area contributed by atoms with E-state index in [9.17, 15) is 5.26 Å². The lowest BCUT2D eigenvalue weighted by molar-refractivity contribution is 0.672. The van der Waals surface area contributed by atoms with Crippen molar-refractivity contribution in [3.05, 3.63) is 224 Å². The van der Waals surface area contributed by atoms with Crippen molar-refractivity contribution in [1.29, 1.82) is 5.26 Å². The molecular formula is C64H36N6O2. The van der Waals surface area contributed by atoms with Crippen molar-refractivity contribution in [2.24, 2.45) is 0 Å². The molecule has 0 bridgehead atoms. The molecule has 0 spiro atoms. The highest BCUT2D eigenvalue weighted by Gasteiger charge is 2.26. The van der Waals surface area contributed by atoms with E-state index in [1.807, 2.05) is 97.1 Å². The quantitative estimate of drug-likeness (QED) is 0.165. The van der Waals surface area contributed by atoms with Gasteiger partial charge in [0.25, 0.3) is 0 Å². The summed E-state index contributed by atoms with van der Waals surface area (Å²) >= 11 is 0. The van der Waals surface area contributed by atoms with Crippen LogP contribution in [0.5, 0.6) is 0 Å². The van der Waals surface area contributed by atoms with E-state index in [2.05, 4.69) is 137 Å². The predicted molar refractivity (Wildman–Crippen MR) is 290 cm³/mol. The zero-order chi connectivity index (χ0) is 47.4. The second-order valence-corrected chi connectivity index (χ2v) is 18.2. The zero-order valence-electron chi connectivity index (χ0n) is 38.3. The number of furan rings is 2. The summed E-state index contributed by atoms with van der Waals surface area (Å²) in [5, 5.41) is 19.1. The first kappa shape index (κ1) is 39.9. The number of hydrogen-bond donors (Lipinski definition) is 0. The second-order valence-electron chi connectivity index (χ2n) is 18.2. The molecule has 15 aromatic rings. The summed E-state index contributed by atoms with van der Waals surface area (Å²) in [5.41, 5.74) is 13.9. The van der Waals surface area contributed by atoms with E-state index in [1.165, 1.54) is 0 Å². The van der Waals surface area contributed by atoms with E-state index in [0.29, 0.717) is 23.0 Å². The van der Waals surface area contributed by atoms with E-state index in [1.54, 1.807) is 0 Å². The van der Waals surface area contributed by atoms with Crippen molar-refractivity contribution in [3.8, 4) is 62.7 Å². The van der Waals surface area contributed by atoms with Gasteiger partial charge in [0.2, 0.25) is 0 Å². The minimum absolute atomic E-state index is 0.527. The van der Waals surface area contributed by atoms with Gasteiger partial charge in [0, 0.05) is 60.1 Å². The molecule has 0 saturated carbocycles. The standard InChI is InChI=1S/C64H36N6O2/c65-37-38-27-32-52(69-50-23-11-7-21-47(50)58-53(69)33-30-45-43-19-9-13-25-56(43)71-60(45)58)49(35-38)42-29-28-41(64-67-62(39-15-3-1-4-16-39)66-63(68-64)40-17-5-2-6-18-40)36-55(42)70-51-24-12-8-22-48(51)59-54(70)34-31-46-44-20-10-14-26-57(44)72-61(46)59/h1-36H. The van der Waals surface area contributed by atoms with Gasteiger partial charge >= 0.3 is 0 Å². The third-order valence-electron chi connectivity index (χ3n) is 14.2. The Bertz CT molecular complexity index is 4710. The minimum atomic E-state index is 0.527. The average Bonchev–Trinajstić information content (AvgIpc) is 4.21. The van der Waals surface area contributed by atoms with Gasteiger partial charge in [-0.25, -0.2) is 15.0 Å². The maximum Gasteiger partial charge on any atom is 0.164 e. The lowest BCUT2D eigenvalue weighted by Crippen LogP contribution is -2.04. The highest BCUT2D eigenvalue weighted by molar-refractivity contribution is 6.25. The first-order valence-electron chi connectivity index (χ1n) is 23.9. The fourth-order valence-electron chi connectivity index (χ4n) is 11.0. The molecule has 5 aromatic heterocycles. The molecule has 15 rings (SSSR count). The molecule has 8 heteroatoms. The molecule has 0 aliphatic heterocycles. The molecule has 8 nitrogen and oxygen atoms in total. The topological polar surface area (TPSA) is 98.6 Å². The summed E-state index contributed by atoms with van der Waals surface area (Å²) in [4.78, 5) is 15.4. The van der Waals surface area contributed by atoms with Crippen LogP contribution in [0.2, 0.25) is 0 Å². The van der Waals surface area contributed by atoms with Gasteiger partial charge in [-0.15, -0.1) is 0 Å². The van der Waals surface area contributed by atoms with Crippen LogP contribution in [0.1, 0.15) is 5.56 Å². The molecule has 0 unspecified atom stereocenters. The smallest absolute Gasteiger partial charge is 0.164 e. The molecule has 0 atom stereocenters. The van der Waals surface area contributed by atoms with Crippen molar-refractivity contribution in [2.75, 3.05) is 0 Å². The highest BCUT2D eigenvalue weighted by Crippen LogP contribution is 2.46. The lowest BCUT2D eigenvalue weighted by atomic mass is 9.96. The van der Waals surface area contributed by atoms with Crippen LogP contribution >= 0.6 is 0 Å². The van der Waals surface area contributed by atoms with Gasteiger partial charge in [0.05, 0.1) is 55.8 Å². The monoisotopic (exact) mass is 920 g/mol. The molecule has 0 radical (unpaired) electrons. The van der Waals surface area contributed by atoms with Crippen molar-refractivity contribution < 1.29 is 8.83 Å². The fourth-order valence-corrected chi connectivity index (χ4v) is 11.0. The molecule has 0 aliphatic rings. The summed E-state index contributed by atoms with van der Waals surface area (Å²) in [7, 11) is 0. The molecule has 0 fully saturated rings. The highest BCUT2D eigenvalue weighted by atomic mass is 16.3. The van der Waals surface area contributed by atoms with Crippen LogP contribution in [0.15, 0.2) is 227 Å². The molecule has 0 N–H and O–H groups in total. The Morgan fingerprint density at radius 3 is 1.36 bits per heavy atom. The Balaban J connectivity index is 1.06. The third kappa shape index (κ3) is 5.89. The van der Waals surface area contributed by atoms with Crippen LogP contribution in [0, 0.1) is 11.3 Å². The second kappa shape index (κ2) is 15.5. The van der Waals surface area contributed by atoms with Crippen LogP contribution < -0.4 is 0 Å². The third-order valence-corrected chi connectivity index (χ3v) is 14.2. The molecule has 0 aliphatic carbocycles. The van der Waals surface area contributed by atoms with Gasteiger partial charge in [0.15, 0.2) is 17.5 Å². The predicted octanol–water partition coefficient (Wildman–Crippen LogP) is 16.4. The van der Waals surface area contributed by atoms with Gasteiger partial charge in [-0.3, -0.25) is 0 Å². The van der Waals surface area contributed by atoms with E-state index >= 15 is 0 Å². The molecular weight excluding hydrogens is 885 g/mol. The van der Waals surface area contributed by atoms with Crippen LogP contribution in [0.25, 0.3) is 144 Å². The van der Waals surface area contributed by atoms with Crippen molar-refractivity contribution >= 4 is 87.5 Å². The van der Waals surface area contributed by atoms with Gasteiger partial charge < -0.3 is 18.0 Å². The van der Waals surface area contributed by atoms with Crippen LogP contribution in [0.4, 0.5) is 0 Å². The molecule has 0 saturated heterocycles. The number of nitrogens with zero attached hydrogens (tertiary/aromatic N) is 6. The Morgan fingerprint density at radius 2 is 0.819 bits per heavy atom. The SMILES string of the molecule is N#Cc1ccc(-n2c3ccccc3c3c4oc5ccccc5c4ccc32)c(-c2ccc(-c3nc(-c4ccccc4)nc(-c4ccccc4)n3)cc2-n2c3ccccc3c3c4oc5ccccc5c4ccc32)c1. The summed E-state index contributed by atoms with van der Waals surface area (Å²) in [5.74, 6) is 1.67. The minimum Gasteiger partial charge on any atom is -0.455 e. The van der Waals surface area contributed by atoms with Crippen LogP contribution in [0.3, 0.4) is 0 Å². The first-order chi connectivity index (χ1) is 35.7. The Hall–Kier alpha value is -10.1. The average molecular weight is 921 g/mol. The Labute approximate surface area is 410 Å². The van der Waals surface area contributed by atoms with E-state index < -0.39 is 0 Å². The number of rotatable bonds is 6. The maximum atomic E-state index is 10.7. The molecule has 5 heterocycles. The number of benzene rings is 10. The maximum absolute atomic E-state index is 10.7. The first-order valence-corrected chi connectivity index (χ1v) is 23.9. The molecule has 334 valence electrons. The van der Waals surface area contributed by atoms with E-state index in [4.69, 9.17) is 23.8 Å². The number of aromatic nitrogens is 5. The number of nitriles is 1. The zero-order valence-corrected chi connectivity index (χ0v) is 38.3. The van der Waals surface area contributed by atoms with Gasteiger partial charge in [-0.05, 0) is 72.8 Å². The fraction of sp³-hybridized carbons (Fsp3) is 0. The van der Waals surface area contributed by atoms with Crippen molar-refractivity contribution in [3.63, 3.8) is 0 Å². The van der Waals surface area contributed by atoms with Gasteiger partial charge in [0.1, 0.15) is 22.3 Å². The summed E-state index contributed by atoms with van der Waals surface area (Å²) in [6.07, 6.45) is 0. The van der Waals surface area contributed by atoms with Crippen molar-refractivity contribution in [2.45, 2.75) is 0 Å². The van der Waals surface area contributed by atoms with Crippen LogP contribution in [-0.2, 0) is 0 Å². The summed E-state index contributed by atoms with van der Waals surface area (Å²) in [6.45, 7) is 0. The van der Waals surface area contributed by atoms with Crippen LogP contribution in [-0.4, -0.2) is 24.1 Å².